The van der Waals surface area contributed by atoms with Crippen molar-refractivity contribution in [3.05, 3.63) is 61.2 Å². The summed E-state index contributed by atoms with van der Waals surface area (Å²) in [4.78, 5) is 27.4. The van der Waals surface area contributed by atoms with Gasteiger partial charge < -0.3 is 4.57 Å². The smallest absolute Gasteiger partial charge is 0.318 e. The van der Waals surface area contributed by atoms with Crippen LogP contribution in [-0.2, 0) is 11.8 Å². The van der Waals surface area contributed by atoms with E-state index < -0.39 is 10.8 Å². The molecule has 0 bridgehead atoms. The molecule has 24 heavy (non-hydrogen) atoms. The predicted octanol–water partition coefficient (Wildman–Crippen LogP) is 4.00. The fraction of sp³-hybridized carbons (Fsp3) is 0.0667. The molecule has 0 aliphatic rings. The number of nitrogens with zero attached hydrogens (tertiary/aromatic N) is 3. The van der Waals surface area contributed by atoms with Gasteiger partial charge in [-0.1, -0.05) is 40.3 Å². The van der Waals surface area contributed by atoms with Gasteiger partial charge in [-0.15, -0.1) is 0 Å². The molecule has 0 aliphatic heterocycles. The van der Waals surface area contributed by atoms with Crippen LogP contribution in [0.1, 0.15) is 4.88 Å². The van der Waals surface area contributed by atoms with Crippen LogP contribution < -0.4 is 4.80 Å². The number of benzene rings is 1. The minimum atomic E-state index is -0.463. The summed E-state index contributed by atoms with van der Waals surface area (Å²) >= 11 is 8.54. The average Bonchev–Trinajstić information content (AvgIpc) is 3.12. The first kappa shape index (κ1) is 16.6. The molecule has 2 heterocycles. The maximum absolute atomic E-state index is 12.0. The normalized spacial score (nSPS) is 12.3. The van der Waals surface area contributed by atoms with E-state index in [0.717, 1.165) is 21.6 Å². The van der Waals surface area contributed by atoms with Crippen LogP contribution in [0.5, 0.6) is 0 Å². The quantitative estimate of drug-likeness (QED) is 0.392. The van der Waals surface area contributed by atoms with Crippen molar-refractivity contribution in [1.29, 1.82) is 0 Å². The van der Waals surface area contributed by atoms with Crippen LogP contribution in [0.3, 0.4) is 0 Å². The zero-order valence-corrected chi connectivity index (χ0v) is 14.7. The molecule has 0 radical (unpaired) electrons. The zero-order valence-electron chi connectivity index (χ0n) is 12.3. The van der Waals surface area contributed by atoms with Crippen molar-refractivity contribution >= 4 is 61.5 Å². The van der Waals surface area contributed by atoms with E-state index in [1.807, 2.05) is 12.1 Å². The summed E-state index contributed by atoms with van der Waals surface area (Å²) in [6.07, 6.45) is 2.81. The molecule has 0 atom stereocenters. The third-order valence-electron chi connectivity index (χ3n) is 3.16. The molecule has 0 aliphatic carbocycles. The summed E-state index contributed by atoms with van der Waals surface area (Å²) in [7, 11) is 1.79. The number of carbonyl (C=O) groups excluding carboxylic acids is 1. The summed E-state index contributed by atoms with van der Waals surface area (Å²) < 4.78 is 2.71. The van der Waals surface area contributed by atoms with Gasteiger partial charge in [-0.05, 0) is 24.3 Å². The second-order valence-electron chi connectivity index (χ2n) is 4.75. The van der Waals surface area contributed by atoms with Gasteiger partial charge in [0.1, 0.15) is 0 Å². The van der Waals surface area contributed by atoms with Crippen molar-refractivity contribution < 1.29 is 9.72 Å². The van der Waals surface area contributed by atoms with Crippen LogP contribution in [0.15, 0.2) is 41.4 Å². The van der Waals surface area contributed by atoms with E-state index in [0.29, 0.717) is 14.7 Å². The molecule has 0 saturated heterocycles. The van der Waals surface area contributed by atoms with E-state index in [-0.39, 0.29) is 5.00 Å². The lowest BCUT2D eigenvalue weighted by Crippen LogP contribution is -2.12. The molecule has 3 rings (SSSR count). The first-order chi connectivity index (χ1) is 11.5. The lowest BCUT2D eigenvalue weighted by Gasteiger charge is -1.96. The number of para-hydroxylation sites is 1. The second kappa shape index (κ2) is 6.68. The zero-order chi connectivity index (χ0) is 17.3. The lowest BCUT2D eigenvalue weighted by atomic mass is 10.3. The molecule has 1 aromatic carbocycles. The number of hydrogen-bond acceptors (Lipinski definition) is 5. The molecule has 3 aromatic rings. The van der Waals surface area contributed by atoms with Crippen LogP contribution in [0, 0.1) is 10.1 Å². The van der Waals surface area contributed by atoms with E-state index in [1.165, 1.54) is 29.6 Å². The Labute approximate surface area is 149 Å². The van der Waals surface area contributed by atoms with Crippen LogP contribution >= 0.6 is 34.3 Å². The minimum absolute atomic E-state index is 0.0320. The molecule has 0 unspecified atom stereocenters. The van der Waals surface area contributed by atoms with Crippen LogP contribution in [0.2, 0.25) is 5.02 Å². The Morgan fingerprint density at radius 2 is 2.12 bits per heavy atom. The Bertz CT molecular complexity index is 1050. The van der Waals surface area contributed by atoms with Crippen LogP contribution in [0.25, 0.3) is 16.3 Å². The van der Waals surface area contributed by atoms with Crippen LogP contribution in [-0.4, -0.2) is 15.4 Å². The van der Waals surface area contributed by atoms with E-state index in [9.17, 15) is 14.9 Å². The average molecular weight is 380 g/mol. The molecule has 0 fully saturated rings. The van der Waals surface area contributed by atoms with Crippen molar-refractivity contribution in [2.45, 2.75) is 0 Å². The number of halogens is 1. The molecule has 6 nitrogen and oxygen atoms in total. The molecule has 1 amide bonds. The van der Waals surface area contributed by atoms with E-state index in [1.54, 1.807) is 23.7 Å². The van der Waals surface area contributed by atoms with E-state index in [4.69, 9.17) is 11.6 Å². The summed E-state index contributed by atoms with van der Waals surface area (Å²) in [6.45, 7) is 0. The molecule has 0 spiro atoms. The number of thiophene rings is 1. The Morgan fingerprint density at radius 1 is 1.33 bits per heavy atom. The molecular weight excluding hydrogens is 370 g/mol. The monoisotopic (exact) mass is 379 g/mol. The highest BCUT2D eigenvalue weighted by molar-refractivity contribution is 7.16. The van der Waals surface area contributed by atoms with Crippen molar-refractivity contribution in [3.8, 4) is 0 Å². The van der Waals surface area contributed by atoms with Crippen molar-refractivity contribution in [2.24, 2.45) is 12.0 Å². The number of hydrogen-bond donors (Lipinski definition) is 0. The van der Waals surface area contributed by atoms with Gasteiger partial charge in [0.05, 0.1) is 20.2 Å². The summed E-state index contributed by atoms with van der Waals surface area (Å²) in [5.41, 5.74) is 0.827. The SMILES string of the molecule is Cn1c(=NC(=O)C=Cc2ccc([N+](=O)[O-])s2)sc2cccc(Cl)c21. The number of carbonyl (C=O) groups is 1. The fourth-order valence-corrected chi connectivity index (χ4v) is 4.21. The van der Waals surface area contributed by atoms with Gasteiger partial charge in [0.25, 0.3) is 5.91 Å². The van der Waals surface area contributed by atoms with Gasteiger partial charge in [-0.2, -0.15) is 4.99 Å². The van der Waals surface area contributed by atoms with Gasteiger partial charge in [-0.3, -0.25) is 14.9 Å². The Balaban J connectivity index is 1.89. The molecule has 0 N–H and O–H groups in total. The van der Waals surface area contributed by atoms with E-state index in [2.05, 4.69) is 4.99 Å². The Morgan fingerprint density at radius 3 is 2.79 bits per heavy atom. The number of nitro groups is 1. The van der Waals surface area contributed by atoms with Gasteiger partial charge in [-0.25, -0.2) is 0 Å². The number of rotatable bonds is 3. The number of aromatic nitrogens is 1. The molecule has 9 heteroatoms. The maximum atomic E-state index is 12.0. The van der Waals surface area contributed by atoms with Crippen molar-refractivity contribution in [3.63, 3.8) is 0 Å². The number of aryl methyl sites for hydroxylation is 1. The Kier molecular flexibility index (Phi) is 4.61. The molecule has 122 valence electrons. The lowest BCUT2D eigenvalue weighted by molar-refractivity contribution is -0.380. The second-order valence-corrected chi connectivity index (χ2v) is 7.26. The third-order valence-corrected chi connectivity index (χ3v) is 5.57. The number of thiazole rings is 1. The van der Waals surface area contributed by atoms with Crippen molar-refractivity contribution in [1.82, 2.24) is 4.57 Å². The first-order valence-corrected chi connectivity index (χ1v) is 8.72. The van der Waals surface area contributed by atoms with Crippen LogP contribution in [0.4, 0.5) is 5.00 Å². The summed E-state index contributed by atoms with van der Waals surface area (Å²) in [5.74, 6) is -0.440. The minimum Gasteiger partial charge on any atom is -0.318 e. The fourth-order valence-electron chi connectivity index (χ4n) is 2.08. The predicted molar refractivity (Wildman–Crippen MR) is 96.4 cm³/mol. The molecule has 2 aromatic heterocycles. The number of amides is 1. The molecular formula is C15H10ClN3O3S2. The van der Waals surface area contributed by atoms with Gasteiger partial charge >= 0.3 is 5.00 Å². The van der Waals surface area contributed by atoms with E-state index >= 15 is 0 Å². The third kappa shape index (κ3) is 3.30. The number of fused-ring (bicyclic) bond motifs is 1. The first-order valence-electron chi connectivity index (χ1n) is 6.71. The highest BCUT2D eigenvalue weighted by Crippen LogP contribution is 2.25. The summed E-state index contributed by atoms with van der Waals surface area (Å²) in [5, 5.41) is 11.3. The highest BCUT2D eigenvalue weighted by atomic mass is 35.5. The largest absolute Gasteiger partial charge is 0.324 e. The summed E-state index contributed by atoms with van der Waals surface area (Å²) in [6, 6.07) is 8.53. The topological polar surface area (TPSA) is 77.5 Å². The van der Waals surface area contributed by atoms with Gasteiger partial charge in [0.15, 0.2) is 4.80 Å². The molecule has 0 saturated carbocycles. The van der Waals surface area contributed by atoms with Crippen molar-refractivity contribution in [2.75, 3.05) is 0 Å². The highest BCUT2D eigenvalue weighted by Gasteiger charge is 2.09. The Hall–Kier alpha value is -2.29. The van der Waals surface area contributed by atoms with Gasteiger partial charge in [0, 0.05) is 24.1 Å². The van der Waals surface area contributed by atoms with Gasteiger partial charge in [0.2, 0.25) is 0 Å². The maximum Gasteiger partial charge on any atom is 0.324 e. The standard InChI is InChI=1S/C15H10ClN3O3S2/c1-18-14-10(16)3-2-4-11(14)24-15(18)17-12(20)7-5-9-6-8-13(23-9)19(21)22/h2-8H,1H3.